The van der Waals surface area contributed by atoms with Crippen LogP contribution in [0.15, 0.2) is 0 Å². The fraction of sp³-hybridized carbons (Fsp3) is 0.818. The number of carbonyl (C=O) groups excluding carboxylic acids is 1. The highest BCUT2D eigenvalue weighted by Crippen LogP contribution is 2.28. The number of nitrogens with one attached hydrogen (secondary N) is 2. The maximum absolute atomic E-state index is 11.6. The Morgan fingerprint density at radius 3 is 2.60 bits per heavy atom. The van der Waals surface area contributed by atoms with E-state index in [0.29, 0.717) is 18.3 Å². The van der Waals surface area contributed by atoms with Crippen LogP contribution in [0.25, 0.3) is 0 Å². The zero-order chi connectivity index (χ0) is 11.6. The molecular formula is C11H21N3O. The molecule has 1 atom stereocenters. The maximum Gasteiger partial charge on any atom is 0.323 e. The molecule has 1 aliphatic rings. The highest BCUT2D eigenvalue weighted by atomic mass is 16.2. The average molecular weight is 211 g/mol. The van der Waals surface area contributed by atoms with E-state index in [-0.39, 0.29) is 6.03 Å². The van der Waals surface area contributed by atoms with E-state index in [0.717, 1.165) is 12.8 Å². The molecule has 0 bridgehead atoms. The third-order valence-electron chi connectivity index (χ3n) is 3.14. The van der Waals surface area contributed by atoms with E-state index < -0.39 is 5.54 Å². The zero-order valence-electron chi connectivity index (χ0n) is 10.1. The molecule has 1 unspecified atom stereocenters. The van der Waals surface area contributed by atoms with Gasteiger partial charge in [0.15, 0.2) is 0 Å². The van der Waals surface area contributed by atoms with E-state index in [4.69, 9.17) is 5.41 Å². The quantitative estimate of drug-likeness (QED) is 0.736. The summed E-state index contributed by atoms with van der Waals surface area (Å²) in [6, 6.07) is -0.131. The first-order chi connectivity index (χ1) is 6.91. The van der Waals surface area contributed by atoms with Gasteiger partial charge in [-0.3, -0.25) is 10.7 Å². The third kappa shape index (κ3) is 2.13. The van der Waals surface area contributed by atoms with Crippen molar-refractivity contribution in [3.63, 3.8) is 0 Å². The minimum atomic E-state index is -0.421. The van der Waals surface area contributed by atoms with Gasteiger partial charge in [0.05, 0.1) is 5.54 Å². The molecule has 0 radical (unpaired) electrons. The second-order valence-corrected chi connectivity index (χ2v) is 4.76. The summed E-state index contributed by atoms with van der Waals surface area (Å²) in [5, 5.41) is 10.4. The normalized spacial score (nSPS) is 26.3. The van der Waals surface area contributed by atoms with Gasteiger partial charge in [0.2, 0.25) is 0 Å². The Hall–Kier alpha value is -1.06. The fourth-order valence-corrected chi connectivity index (χ4v) is 1.99. The molecule has 0 aromatic heterocycles. The summed E-state index contributed by atoms with van der Waals surface area (Å²) >= 11 is 0. The second-order valence-electron chi connectivity index (χ2n) is 4.76. The molecule has 1 saturated heterocycles. The predicted molar refractivity (Wildman–Crippen MR) is 61.1 cm³/mol. The molecule has 0 spiro atoms. The average Bonchev–Trinajstić information content (AvgIpc) is 2.35. The van der Waals surface area contributed by atoms with E-state index >= 15 is 0 Å². The molecule has 0 saturated carbocycles. The van der Waals surface area contributed by atoms with E-state index in [9.17, 15) is 4.79 Å². The molecule has 0 aliphatic carbocycles. The molecular weight excluding hydrogens is 190 g/mol. The first kappa shape index (κ1) is 12.0. The van der Waals surface area contributed by atoms with E-state index in [2.05, 4.69) is 19.2 Å². The lowest BCUT2D eigenvalue weighted by molar-refractivity contribution is 0.176. The highest BCUT2D eigenvalue weighted by molar-refractivity contribution is 6.08. The smallest absolute Gasteiger partial charge is 0.312 e. The van der Waals surface area contributed by atoms with Gasteiger partial charge in [0, 0.05) is 6.54 Å². The number of amidine groups is 1. The summed E-state index contributed by atoms with van der Waals surface area (Å²) < 4.78 is 0. The van der Waals surface area contributed by atoms with Crippen molar-refractivity contribution in [3.05, 3.63) is 0 Å². The summed E-state index contributed by atoms with van der Waals surface area (Å²) in [5.74, 6) is 0.944. The van der Waals surface area contributed by atoms with Gasteiger partial charge in [-0.1, -0.05) is 13.8 Å². The molecule has 1 heterocycles. The number of rotatable bonds is 4. The van der Waals surface area contributed by atoms with Crippen LogP contribution in [0.4, 0.5) is 4.79 Å². The SMILES string of the molecule is CCN1C(=O)NC(=N)C1(C)CCC(C)C. The molecule has 1 rings (SSSR count). The van der Waals surface area contributed by atoms with Crippen LogP contribution in [0.2, 0.25) is 0 Å². The summed E-state index contributed by atoms with van der Waals surface area (Å²) in [7, 11) is 0. The van der Waals surface area contributed by atoms with Gasteiger partial charge in [-0.15, -0.1) is 0 Å². The Balaban J connectivity index is 2.78. The van der Waals surface area contributed by atoms with Crippen molar-refractivity contribution >= 4 is 11.9 Å². The Morgan fingerprint density at radius 2 is 2.13 bits per heavy atom. The first-order valence-electron chi connectivity index (χ1n) is 5.59. The number of likely N-dealkylation sites (N-methyl/N-ethyl adjacent to an activating group) is 1. The Kier molecular flexibility index (Phi) is 3.37. The Labute approximate surface area is 91.5 Å². The zero-order valence-corrected chi connectivity index (χ0v) is 10.1. The number of nitrogens with zero attached hydrogens (tertiary/aromatic N) is 1. The van der Waals surface area contributed by atoms with Crippen LogP contribution in [0.5, 0.6) is 0 Å². The predicted octanol–water partition coefficient (Wildman–Crippen LogP) is 2.20. The fourth-order valence-electron chi connectivity index (χ4n) is 1.99. The van der Waals surface area contributed by atoms with Crippen molar-refractivity contribution in [1.82, 2.24) is 10.2 Å². The molecule has 0 aromatic carbocycles. The van der Waals surface area contributed by atoms with Gasteiger partial charge in [0.25, 0.3) is 0 Å². The molecule has 1 aliphatic heterocycles. The Morgan fingerprint density at radius 1 is 1.53 bits per heavy atom. The van der Waals surface area contributed by atoms with Gasteiger partial charge in [-0.05, 0) is 32.6 Å². The molecule has 86 valence electrons. The monoisotopic (exact) mass is 211 g/mol. The second kappa shape index (κ2) is 4.21. The van der Waals surface area contributed by atoms with Crippen LogP contribution in [0.3, 0.4) is 0 Å². The van der Waals surface area contributed by atoms with E-state index in [1.165, 1.54) is 0 Å². The molecule has 1 fully saturated rings. The number of carbonyl (C=O) groups is 1. The number of hydrogen-bond donors (Lipinski definition) is 2. The molecule has 0 aromatic rings. The van der Waals surface area contributed by atoms with Crippen LogP contribution in [-0.4, -0.2) is 28.9 Å². The van der Waals surface area contributed by atoms with E-state index in [1.54, 1.807) is 4.90 Å². The minimum Gasteiger partial charge on any atom is -0.312 e. The summed E-state index contributed by atoms with van der Waals surface area (Å²) in [4.78, 5) is 13.3. The minimum absolute atomic E-state index is 0.131. The van der Waals surface area contributed by atoms with Crippen molar-refractivity contribution in [2.75, 3.05) is 6.54 Å². The van der Waals surface area contributed by atoms with Gasteiger partial charge >= 0.3 is 6.03 Å². The standard InChI is InChI=1S/C11H21N3O/c1-5-14-10(15)13-9(12)11(14,4)7-6-8(2)3/h8H,5-7H2,1-4H3,(H2,12,13,15). The lowest BCUT2D eigenvalue weighted by atomic mass is 9.90. The van der Waals surface area contributed by atoms with Crippen LogP contribution >= 0.6 is 0 Å². The molecule has 15 heavy (non-hydrogen) atoms. The Bertz CT molecular complexity index is 275. The van der Waals surface area contributed by atoms with Gasteiger partial charge < -0.3 is 4.90 Å². The van der Waals surface area contributed by atoms with E-state index in [1.807, 2.05) is 13.8 Å². The van der Waals surface area contributed by atoms with Crippen molar-refractivity contribution in [1.29, 1.82) is 5.41 Å². The highest BCUT2D eigenvalue weighted by Gasteiger charge is 2.45. The molecule has 4 heteroatoms. The summed E-state index contributed by atoms with van der Waals surface area (Å²) in [5.41, 5.74) is -0.421. The van der Waals surface area contributed by atoms with Crippen LogP contribution in [0.1, 0.15) is 40.5 Å². The van der Waals surface area contributed by atoms with Crippen molar-refractivity contribution < 1.29 is 4.79 Å². The lowest BCUT2D eigenvalue weighted by Gasteiger charge is -2.32. The molecule has 2 N–H and O–H groups in total. The van der Waals surface area contributed by atoms with Gasteiger partial charge in [-0.25, -0.2) is 4.79 Å². The number of hydrogen-bond acceptors (Lipinski definition) is 2. The molecule has 2 amide bonds. The lowest BCUT2D eigenvalue weighted by Crippen LogP contribution is -2.46. The van der Waals surface area contributed by atoms with Crippen LogP contribution in [0, 0.1) is 11.3 Å². The van der Waals surface area contributed by atoms with Crippen molar-refractivity contribution in [2.24, 2.45) is 5.92 Å². The summed E-state index contributed by atoms with van der Waals surface area (Å²) in [6.07, 6.45) is 1.89. The third-order valence-corrected chi connectivity index (χ3v) is 3.14. The number of urea groups is 1. The van der Waals surface area contributed by atoms with Gasteiger partial charge in [0.1, 0.15) is 5.84 Å². The van der Waals surface area contributed by atoms with Gasteiger partial charge in [-0.2, -0.15) is 0 Å². The van der Waals surface area contributed by atoms with Crippen molar-refractivity contribution in [2.45, 2.75) is 46.1 Å². The maximum atomic E-state index is 11.6. The number of amides is 2. The first-order valence-corrected chi connectivity index (χ1v) is 5.59. The van der Waals surface area contributed by atoms with Crippen molar-refractivity contribution in [3.8, 4) is 0 Å². The van der Waals surface area contributed by atoms with Crippen LogP contribution < -0.4 is 5.32 Å². The van der Waals surface area contributed by atoms with Crippen LogP contribution in [-0.2, 0) is 0 Å². The topological polar surface area (TPSA) is 56.2 Å². The molecule has 4 nitrogen and oxygen atoms in total. The summed E-state index contributed by atoms with van der Waals surface area (Å²) in [6.45, 7) is 8.90. The largest absolute Gasteiger partial charge is 0.323 e.